The summed E-state index contributed by atoms with van der Waals surface area (Å²) in [6.45, 7) is 2.10. The van der Waals surface area contributed by atoms with Crippen LogP contribution in [0.3, 0.4) is 0 Å². The van der Waals surface area contributed by atoms with Gasteiger partial charge in [-0.25, -0.2) is 4.98 Å². The molecule has 1 N–H and O–H groups in total. The first-order valence-corrected chi connectivity index (χ1v) is 8.26. The molecule has 3 rings (SSSR count). The molecule has 7 heteroatoms. The number of nitrogens with zero attached hydrogens (tertiary/aromatic N) is 2. The molecule has 0 unspecified atom stereocenters. The first-order valence-electron chi connectivity index (χ1n) is 7.00. The van der Waals surface area contributed by atoms with Gasteiger partial charge in [0.2, 0.25) is 5.91 Å². The molecular weight excluding hydrogens is 334 g/mol. The number of hydrogen-bond donors (Lipinski definition) is 1. The van der Waals surface area contributed by atoms with Crippen LogP contribution in [0.1, 0.15) is 10.7 Å². The van der Waals surface area contributed by atoms with Crippen molar-refractivity contribution >= 4 is 39.7 Å². The Kier molecular flexibility index (Phi) is 4.45. The van der Waals surface area contributed by atoms with E-state index in [2.05, 4.69) is 10.3 Å². The lowest BCUT2D eigenvalue weighted by Gasteiger charge is -2.11. The van der Waals surface area contributed by atoms with Crippen LogP contribution in [0.4, 0.5) is 0 Å². The van der Waals surface area contributed by atoms with Gasteiger partial charge in [0.25, 0.3) is 5.56 Å². The number of nitrogens with one attached hydrogen (secondary N) is 1. The second kappa shape index (κ2) is 6.52. The standard InChI is InChI=1S/C16H14ClN3O2S/c1-10-19-14-5-4-11(17)7-13(14)16(22)20(10)9-15(21)18-8-12-3-2-6-23-12/h2-7H,8-9H2,1H3,(H,18,21). The molecule has 0 spiro atoms. The first kappa shape index (κ1) is 15.7. The fraction of sp³-hybridized carbons (Fsp3) is 0.188. The Hall–Kier alpha value is -2.18. The predicted octanol–water partition coefficient (Wildman–Crippen LogP) is 2.74. The van der Waals surface area contributed by atoms with Gasteiger partial charge in [-0.3, -0.25) is 14.2 Å². The lowest BCUT2D eigenvalue weighted by Crippen LogP contribution is -2.33. The molecule has 0 aliphatic rings. The Labute approximate surface area is 141 Å². The second-order valence-corrected chi connectivity index (χ2v) is 6.54. The quantitative estimate of drug-likeness (QED) is 0.789. The molecule has 0 aliphatic heterocycles. The van der Waals surface area contributed by atoms with Gasteiger partial charge in [-0.1, -0.05) is 17.7 Å². The van der Waals surface area contributed by atoms with Crippen LogP contribution < -0.4 is 10.9 Å². The van der Waals surface area contributed by atoms with Gasteiger partial charge in [-0.2, -0.15) is 0 Å². The van der Waals surface area contributed by atoms with Crippen molar-refractivity contribution in [2.45, 2.75) is 20.0 Å². The van der Waals surface area contributed by atoms with E-state index in [1.807, 2.05) is 17.5 Å². The molecule has 2 heterocycles. The van der Waals surface area contributed by atoms with Crippen LogP contribution in [-0.2, 0) is 17.9 Å². The fourth-order valence-electron chi connectivity index (χ4n) is 2.29. The molecule has 0 radical (unpaired) electrons. The average Bonchev–Trinajstić information content (AvgIpc) is 3.04. The van der Waals surface area contributed by atoms with E-state index in [9.17, 15) is 9.59 Å². The zero-order valence-electron chi connectivity index (χ0n) is 12.4. The van der Waals surface area contributed by atoms with Crippen LogP contribution in [0.2, 0.25) is 5.02 Å². The van der Waals surface area contributed by atoms with Gasteiger partial charge in [0, 0.05) is 9.90 Å². The van der Waals surface area contributed by atoms with E-state index < -0.39 is 0 Å². The molecule has 0 fully saturated rings. The van der Waals surface area contributed by atoms with E-state index in [1.165, 1.54) is 4.57 Å². The predicted molar refractivity (Wildman–Crippen MR) is 91.9 cm³/mol. The van der Waals surface area contributed by atoms with Crippen molar-refractivity contribution in [3.8, 4) is 0 Å². The minimum atomic E-state index is -0.263. The van der Waals surface area contributed by atoms with E-state index in [4.69, 9.17) is 11.6 Å². The molecule has 23 heavy (non-hydrogen) atoms. The smallest absolute Gasteiger partial charge is 0.261 e. The Morgan fingerprint density at radius 1 is 1.39 bits per heavy atom. The number of benzene rings is 1. The Morgan fingerprint density at radius 2 is 2.22 bits per heavy atom. The van der Waals surface area contributed by atoms with E-state index in [1.54, 1.807) is 36.5 Å². The van der Waals surface area contributed by atoms with Crippen LogP contribution >= 0.6 is 22.9 Å². The van der Waals surface area contributed by atoms with E-state index >= 15 is 0 Å². The summed E-state index contributed by atoms with van der Waals surface area (Å²) in [6.07, 6.45) is 0. The highest BCUT2D eigenvalue weighted by atomic mass is 35.5. The largest absolute Gasteiger partial charge is 0.350 e. The summed E-state index contributed by atoms with van der Waals surface area (Å²) in [5, 5.41) is 5.63. The van der Waals surface area contributed by atoms with Crippen LogP contribution in [0, 0.1) is 6.92 Å². The van der Waals surface area contributed by atoms with Gasteiger partial charge in [-0.15, -0.1) is 11.3 Å². The third kappa shape index (κ3) is 3.43. The molecular formula is C16H14ClN3O2S. The van der Waals surface area contributed by atoms with Crippen LogP contribution in [-0.4, -0.2) is 15.5 Å². The van der Waals surface area contributed by atoms with Crippen molar-refractivity contribution in [3.63, 3.8) is 0 Å². The molecule has 118 valence electrons. The van der Waals surface area contributed by atoms with Crippen LogP contribution in [0.15, 0.2) is 40.5 Å². The maximum atomic E-state index is 12.6. The molecule has 0 saturated heterocycles. The summed E-state index contributed by atoms with van der Waals surface area (Å²) in [7, 11) is 0. The summed E-state index contributed by atoms with van der Waals surface area (Å²) in [4.78, 5) is 30.1. The maximum absolute atomic E-state index is 12.6. The number of halogens is 1. The zero-order valence-corrected chi connectivity index (χ0v) is 13.9. The topological polar surface area (TPSA) is 64.0 Å². The maximum Gasteiger partial charge on any atom is 0.261 e. The molecule has 1 aromatic carbocycles. The van der Waals surface area contributed by atoms with Crippen LogP contribution in [0.25, 0.3) is 10.9 Å². The lowest BCUT2D eigenvalue weighted by molar-refractivity contribution is -0.121. The Balaban J connectivity index is 1.84. The summed E-state index contributed by atoms with van der Waals surface area (Å²) in [6, 6.07) is 8.84. The number of rotatable bonds is 4. The van der Waals surface area contributed by atoms with Crippen molar-refractivity contribution in [2.24, 2.45) is 0 Å². The zero-order chi connectivity index (χ0) is 16.4. The van der Waals surface area contributed by atoms with Crippen molar-refractivity contribution < 1.29 is 4.79 Å². The van der Waals surface area contributed by atoms with Crippen molar-refractivity contribution in [1.82, 2.24) is 14.9 Å². The van der Waals surface area contributed by atoms with Crippen molar-refractivity contribution in [2.75, 3.05) is 0 Å². The SMILES string of the molecule is Cc1nc2ccc(Cl)cc2c(=O)n1CC(=O)NCc1cccs1. The molecule has 3 aromatic rings. The summed E-state index contributed by atoms with van der Waals surface area (Å²) in [5.41, 5.74) is 0.313. The fourth-order valence-corrected chi connectivity index (χ4v) is 3.11. The summed E-state index contributed by atoms with van der Waals surface area (Å²) in [5.74, 6) is 0.267. The van der Waals surface area contributed by atoms with Gasteiger partial charge >= 0.3 is 0 Å². The van der Waals surface area contributed by atoms with Crippen molar-refractivity contribution in [3.05, 3.63) is 61.8 Å². The van der Waals surface area contributed by atoms with Gasteiger partial charge in [0.15, 0.2) is 0 Å². The second-order valence-electron chi connectivity index (χ2n) is 5.07. The Morgan fingerprint density at radius 3 is 2.96 bits per heavy atom. The Bertz CT molecular complexity index is 919. The number of aryl methyl sites for hydroxylation is 1. The minimum absolute atomic E-state index is 0.0640. The molecule has 2 aromatic heterocycles. The highest BCUT2D eigenvalue weighted by Crippen LogP contribution is 2.15. The summed E-state index contributed by atoms with van der Waals surface area (Å²) >= 11 is 7.51. The van der Waals surface area contributed by atoms with Crippen molar-refractivity contribution in [1.29, 1.82) is 0 Å². The highest BCUT2D eigenvalue weighted by Gasteiger charge is 2.12. The lowest BCUT2D eigenvalue weighted by atomic mass is 10.2. The number of aromatic nitrogens is 2. The van der Waals surface area contributed by atoms with Crippen LogP contribution in [0.5, 0.6) is 0 Å². The summed E-state index contributed by atoms with van der Waals surface area (Å²) < 4.78 is 1.36. The number of hydrogen-bond acceptors (Lipinski definition) is 4. The van der Waals surface area contributed by atoms with Gasteiger partial charge in [-0.05, 0) is 36.6 Å². The highest BCUT2D eigenvalue weighted by molar-refractivity contribution is 7.09. The van der Waals surface area contributed by atoms with Gasteiger partial charge < -0.3 is 5.32 Å². The minimum Gasteiger partial charge on any atom is -0.350 e. The molecule has 0 saturated carbocycles. The normalized spacial score (nSPS) is 10.9. The van der Waals surface area contributed by atoms with Gasteiger partial charge in [0.05, 0.1) is 17.4 Å². The number of fused-ring (bicyclic) bond motifs is 1. The van der Waals surface area contributed by atoms with E-state index in [-0.39, 0.29) is 18.0 Å². The number of amides is 1. The number of thiophene rings is 1. The molecule has 5 nitrogen and oxygen atoms in total. The monoisotopic (exact) mass is 347 g/mol. The molecule has 0 bridgehead atoms. The first-order chi connectivity index (χ1) is 11.0. The third-order valence-corrected chi connectivity index (χ3v) is 4.56. The molecule has 1 amide bonds. The van der Waals surface area contributed by atoms with E-state index in [0.29, 0.717) is 28.3 Å². The number of carbonyl (C=O) groups is 1. The third-order valence-electron chi connectivity index (χ3n) is 3.45. The average molecular weight is 348 g/mol. The molecule has 0 atom stereocenters. The molecule has 0 aliphatic carbocycles. The van der Waals surface area contributed by atoms with Gasteiger partial charge in [0.1, 0.15) is 12.4 Å². The number of carbonyl (C=O) groups excluding carboxylic acids is 1. The van der Waals surface area contributed by atoms with E-state index in [0.717, 1.165) is 4.88 Å².